The highest BCUT2D eigenvalue weighted by atomic mass is 19.2. The maximum absolute atomic E-state index is 13.4. The van der Waals surface area contributed by atoms with E-state index in [4.69, 9.17) is 5.11 Å². The molecule has 1 saturated heterocycles. The Balaban J connectivity index is 2.32. The van der Waals surface area contributed by atoms with Gasteiger partial charge < -0.3 is 15.1 Å². The first kappa shape index (κ1) is 14.5. The first-order chi connectivity index (χ1) is 9.25. The number of benzene rings is 1. The van der Waals surface area contributed by atoms with Crippen molar-refractivity contribution in [3.05, 3.63) is 34.6 Å². The number of carbonyl (C=O) groups is 1. The Morgan fingerprint density at radius 1 is 1.00 bits per heavy atom. The Kier molecular flexibility index (Phi) is 3.55. The fourth-order valence-electron chi connectivity index (χ4n) is 1.99. The summed E-state index contributed by atoms with van der Waals surface area (Å²) in [5.74, 6) is -11.7. The van der Waals surface area contributed by atoms with E-state index in [9.17, 15) is 31.9 Å². The molecule has 4 nitrogen and oxygen atoms in total. The van der Waals surface area contributed by atoms with E-state index in [1.54, 1.807) is 0 Å². The Hall–Kier alpha value is -1.90. The molecule has 2 rings (SSSR count). The van der Waals surface area contributed by atoms with Crippen molar-refractivity contribution in [2.75, 3.05) is 13.1 Å². The number of aliphatic hydroxyl groups is 1. The molecule has 1 aromatic rings. The zero-order valence-electron chi connectivity index (χ0n) is 9.71. The molecular formula is C11H8F5NO3. The van der Waals surface area contributed by atoms with Crippen LogP contribution in [-0.4, -0.2) is 34.3 Å². The molecular weight excluding hydrogens is 289 g/mol. The summed E-state index contributed by atoms with van der Waals surface area (Å²) in [5, 5.41) is 18.2. The second-order valence-corrected chi connectivity index (χ2v) is 4.38. The van der Waals surface area contributed by atoms with Gasteiger partial charge in [-0.2, -0.15) is 0 Å². The smallest absolute Gasteiger partial charge is 0.407 e. The van der Waals surface area contributed by atoms with Gasteiger partial charge in [0.05, 0.1) is 11.7 Å². The van der Waals surface area contributed by atoms with Gasteiger partial charge in [-0.15, -0.1) is 0 Å². The van der Waals surface area contributed by atoms with Crippen LogP contribution in [-0.2, 0) is 0 Å². The third-order valence-corrected chi connectivity index (χ3v) is 3.17. The lowest BCUT2D eigenvalue weighted by molar-refractivity contribution is -0.00116. The molecule has 1 heterocycles. The number of hydrogen-bond donors (Lipinski definition) is 2. The molecule has 20 heavy (non-hydrogen) atoms. The first-order valence-electron chi connectivity index (χ1n) is 5.43. The van der Waals surface area contributed by atoms with Crippen molar-refractivity contribution in [2.24, 2.45) is 5.92 Å². The van der Waals surface area contributed by atoms with E-state index in [1.165, 1.54) is 0 Å². The van der Waals surface area contributed by atoms with Crippen LogP contribution in [0.15, 0.2) is 0 Å². The molecule has 0 radical (unpaired) electrons. The van der Waals surface area contributed by atoms with Crippen molar-refractivity contribution in [1.82, 2.24) is 4.90 Å². The van der Waals surface area contributed by atoms with Crippen LogP contribution in [0.5, 0.6) is 0 Å². The van der Waals surface area contributed by atoms with Crippen LogP contribution in [0.25, 0.3) is 0 Å². The van der Waals surface area contributed by atoms with Gasteiger partial charge in [-0.3, -0.25) is 0 Å². The standard InChI is InChI=1S/C11H8F5NO3/c12-5-4(6(13)8(15)9(16)7(5)14)10(18)3-1-17(2-3)11(19)20/h3,10,18H,1-2H2,(H,19,20). The molecule has 0 spiro atoms. The fraction of sp³-hybridized carbons (Fsp3) is 0.364. The summed E-state index contributed by atoms with van der Waals surface area (Å²) in [4.78, 5) is 11.3. The minimum atomic E-state index is -2.31. The second-order valence-electron chi connectivity index (χ2n) is 4.38. The number of aliphatic hydroxyl groups excluding tert-OH is 1. The van der Waals surface area contributed by atoms with E-state index in [0.717, 1.165) is 4.90 Å². The molecule has 2 N–H and O–H groups in total. The lowest BCUT2D eigenvalue weighted by Gasteiger charge is -2.39. The number of hydrogen-bond acceptors (Lipinski definition) is 2. The van der Waals surface area contributed by atoms with Crippen LogP contribution in [0.4, 0.5) is 26.7 Å². The molecule has 110 valence electrons. The number of rotatable bonds is 2. The van der Waals surface area contributed by atoms with Crippen LogP contribution in [0.2, 0.25) is 0 Å². The largest absolute Gasteiger partial charge is 0.465 e. The van der Waals surface area contributed by atoms with Gasteiger partial charge in [-0.05, 0) is 0 Å². The van der Waals surface area contributed by atoms with Crippen molar-refractivity contribution >= 4 is 6.09 Å². The fourth-order valence-corrected chi connectivity index (χ4v) is 1.99. The topological polar surface area (TPSA) is 60.8 Å². The predicted octanol–water partition coefficient (Wildman–Crippen LogP) is 2.03. The number of nitrogens with zero attached hydrogens (tertiary/aromatic N) is 1. The first-order valence-corrected chi connectivity index (χ1v) is 5.43. The SMILES string of the molecule is O=C(O)N1CC(C(O)c2c(F)c(F)c(F)c(F)c2F)C1. The Bertz CT molecular complexity index is 545. The third-order valence-electron chi connectivity index (χ3n) is 3.17. The molecule has 1 aliphatic rings. The van der Waals surface area contributed by atoms with E-state index >= 15 is 0 Å². The van der Waals surface area contributed by atoms with Crippen LogP contribution in [0, 0.1) is 35.0 Å². The maximum atomic E-state index is 13.4. The van der Waals surface area contributed by atoms with E-state index < -0.39 is 52.8 Å². The number of carboxylic acid groups (broad SMARTS) is 1. The number of likely N-dealkylation sites (tertiary alicyclic amines) is 1. The number of amides is 1. The second kappa shape index (κ2) is 4.89. The van der Waals surface area contributed by atoms with Crippen LogP contribution < -0.4 is 0 Å². The Labute approximate surface area is 109 Å². The van der Waals surface area contributed by atoms with Gasteiger partial charge in [0.25, 0.3) is 0 Å². The lowest BCUT2D eigenvalue weighted by Crippen LogP contribution is -2.51. The highest BCUT2D eigenvalue weighted by Crippen LogP contribution is 2.35. The van der Waals surface area contributed by atoms with E-state index in [1.807, 2.05) is 0 Å². The van der Waals surface area contributed by atoms with Crippen molar-refractivity contribution in [3.8, 4) is 0 Å². The molecule has 0 aliphatic carbocycles. The Morgan fingerprint density at radius 2 is 1.40 bits per heavy atom. The van der Waals surface area contributed by atoms with E-state index in [2.05, 4.69) is 0 Å². The predicted molar refractivity (Wildman–Crippen MR) is 54.3 cm³/mol. The molecule has 1 fully saturated rings. The van der Waals surface area contributed by atoms with Crippen LogP contribution in [0.3, 0.4) is 0 Å². The van der Waals surface area contributed by atoms with Crippen LogP contribution in [0.1, 0.15) is 11.7 Å². The zero-order chi connectivity index (χ0) is 15.2. The molecule has 0 aromatic heterocycles. The quantitative estimate of drug-likeness (QED) is 0.499. The molecule has 1 atom stereocenters. The highest BCUT2D eigenvalue weighted by Gasteiger charge is 2.40. The van der Waals surface area contributed by atoms with Crippen molar-refractivity contribution in [1.29, 1.82) is 0 Å². The molecule has 1 aliphatic heterocycles. The summed E-state index contributed by atoms with van der Waals surface area (Å²) in [7, 11) is 0. The summed E-state index contributed by atoms with van der Waals surface area (Å²) in [6.45, 7) is -0.508. The van der Waals surface area contributed by atoms with E-state index in [-0.39, 0.29) is 13.1 Å². The summed E-state index contributed by atoms with van der Waals surface area (Å²) in [6, 6.07) is 0. The monoisotopic (exact) mass is 297 g/mol. The molecule has 1 aromatic carbocycles. The minimum Gasteiger partial charge on any atom is -0.465 e. The normalized spacial score (nSPS) is 17.0. The average molecular weight is 297 g/mol. The van der Waals surface area contributed by atoms with Gasteiger partial charge in [0.2, 0.25) is 5.82 Å². The average Bonchev–Trinajstić information content (AvgIpc) is 2.32. The summed E-state index contributed by atoms with van der Waals surface area (Å²) in [6.07, 6.45) is -3.28. The summed E-state index contributed by atoms with van der Waals surface area (Å²) >= 11 is 0. The van der Waals surface area contributed by atoms with Crippen molar-refractivity contribution < 1.29 is 37.0 Å². The van der Waals surface area contributed by atoms with Gasteiger partial charge in [0.1, 0.15) is 0 Å². The maximum Gasteiger partial charge on any atom is 0.407 e. The molecule has 9 heteroatoms. The minimum absolute atomic E-state index is 0.254. The van der Waals surface area contributed by atoms with Gasteiger partial charge >= 0.3 is 6.09 Å². The van der Waals surface area contributed by atoms with Crippen molar-refractivity contribution in [3.63, 3.8) is 0 Å². The number of halogens is 5. The molecule has 1 amide bonds. The van der Waals surface area contributed by atoms with Crippen LogP contribution >= 0.6 is 0 Å². The third kappa shape index (κ3) is 2.07. The van der Waals surface area contributed by atoms with Gasteiger partial charge in [0.15, 0.2) is 23.3 Å². The summed E-state index contributed by atoms with van der Waals surface area (Å²) in [5.41, 5.74) is -1.34. The highest BCUT2D eigenvalue weighted by molar-refractivity contribution is 5.66. The van der Waals surface area contributed by atoms with Gasteiger partial charge in [-0.25, -0.2) is 26.7 Å². The lowest BCUT2D eigenvalue weighted by atomic mass is 9.88. The van der Waals surface area contributed by atoms with Gasteiger partial charge in [0, 0.05) is 19.0 Å². The Morgan fingerprint density at radius 3 is 1.80 bits per heavy atom. The molecule has 1 unspecified atom stereocenters. The summed E-state index contributed by atoms with van der Waals surface area (Å²) < 4.78 is 65.6. The van der Waals surface area contributed by atoms with Gasteiger partial charge in [-0.1, -0.05) is 0 Å². The molecule has 0 bridgehead atoms. The molecule has 0 saturated carbocycles. The van der Waals surface area contributed by atoms with E-state index in [0.29, 0.717) is 0 Å². The zero-order valence-corrected chi connectivity index (χ0v) is 9.71. The van der Waals surface area contributed by atoms with Crippen molar-refractivity contribution in [2.45, 2.75) is 6.10 Å².